The van der Waals surface area contributed by atoms with Gasteiger partial charge in [0.05, 0.1) is 15.7 Å². The van der Waals surface area contributed by atoms with E-state index in [1.165, 1.54) is 6.92 Å². The van der Waals surface area contributed by atoms with Gasteiger partial charge in [0, 0.05) is 55.7 Å². The van der Waals surface area contributed by atoms with E-state index in [2.05, 4.69) is 25.5 Å². The van der Waals surface area contributed by atoms with Crippen molar-refractivity contribution in [3.63, 3.8) is 0 Å². The molecule has 2 amide bonds. The maximum atomic E-state index is 12.6. The van der Waals surface area contributed by atoms with E-state index in [9.17, 15) is 19.5 Å². The van der Waals surface area contributed by atoms with Crippen molar-refractivity contribution in [2.75, 3.05) is 23.3 Å². The molecule has 12 heteroatoms. The monoisotopic (exact) mass is 547 g/mol. The quantitative estimate of drug-likeness (QED) is 0.351. The average Bonchev–Trinajstić information content (AvgIpc) is 3.18. The number of anilines is 2. The molecule has 0 radical (unpaired) electrons. The van der Waals surface area contributed by atoms with Crippen molar-refractivity contribution in [3.05, 3.63) is 61.8 Å². The summed E-state index contributed by atoms with van der Waals surface area (Å²) in [5.74, 6) is -0.958. The van der Waals surface area contributed by atoms with Gasteiger partial charge in [-0.3, -0.25) is 9.59 Å². The molecule has 0 spiro atoms. The first-order valence-corrected chi connectivity index (χ1v) is 12.9. The summed E-state index contributed by atoms with van der Waals surface area (Å²) in [4.78, 5) is 45.8. The molecule has 5 rings (SSSR count). The fourth-order valence-electron chi connectivity index (χ4n) is 4.77. The van der Waals surface area contributed by atoms with Gasteiger partial charge in [0.2, 0.25) is 5.91 Å². The highest BCUT2D eigenvalue weighted by atomic mass is 35.5. The lowest BCUT2D eigenvalue weighted by atomic mass is 10.1. The Morgan fingerprint density at radius 2 is 1.94 bits per heavy atom. The highest BCUT2D eigenvalue weighted by Crippen LogP contribution is 2.48. The summed E-state index contributed by atoms with van der Waals surface area (Å²) in [6.45, 7) is 4.54. The van der Waals surface area contributed by atoms with Crippen molar-refractivity contribution in [2.45, 2.75) is 26.3 Å². The molecular weight excluding hydrogens is 525 g/mol. The average molecular weight is 548 g/mol. The van der Waals surface area contributed by atoms with E-state index in [0.717, 1.165) is 16.9 Å². The number of thiazole rings is 1. The van der Waals surface area contributed by atoms with Crippen LogP contribution in [0.25, 0.3) is 0 Å². The summed E-state index contributed by atoms with van der Waals surface area (Å²) < 4.78 is 0. The number of aromatic carboxylic acids is 1. The zero-order valence-electron chi connectivity index (χ0n) is 19.4. The summed E-state index contributed by atoms with van der Waals surface area (Å²) in [6, 6.07) is 7.31. The van der Waals surface area contributed by atoms with Gasteiger partial charge in [-0.25, -0.2) is 9.78 Å². The van der Waals surface area contributed by atoms with Gasteiger partial charge in [0.15, 0.2) is 5.13 Å². The van der Waals surface area contributed by atoms with Crippen LogP contribution in [0.15, 0.2) is 24.3 Å². The number of fused-ring (bicyclic) bond motifs is 1. The number of H-pyrrole nitrogens is 1. The molecule has 0 bridgehead atoms. The molecule has 2 aromatic heterocycles. The number of carbonyl (C=O) groups is 3. The lowest BCUT2D eigenvalue weighted by Crippen LogP contribution is -2.34. The van der Waals surface area contributed by atoms with Gasteiger partial charge in [-0.1, -0.05) is 46.7 Å². The summed E-state index contributed by atoms with van der Waals surface area (Å²) in [6.07, 6.45) is 0.337. The van der Waals surface area contributed by atoms with Crippen LogP contribution in [-0.2, 0) is 11.2 Å². The summed E-state index contributed by atoms with van der Waals surface area (Å²) >= 11 is 13.4. The second kappa shape index (κ2) is 9.42. The van der Waals surface area contributed by atoms with Crippen LogP contribution in [0.2, 0.25) is 10.0 Å². The molecule has 0 unspecified atom stereocenters. The first-order valence-electron chi connectivity index (χ1n) is 11.3. The molecule has 1 saturated heterocycles. The molecule has 36 heavy (non-hydrogen) atoms. The number of halogens is 2. The lowest BCUT2D eigenvalue weighted by molar-refractivity contribution is -0.114. The van der Waals surface area contributed by atoms with Gasteiger partial charge in [-0.2, -0.15) is 0 Å². The standard InChI is InChI=1S/C24H23Cl2N5O4S/c1-10-17(25)18(26)20(27-10)22(33)30-19-14-8-31(9-15(14)19)24-29-16(21(36-24)23(34)35)7-12-4-3-5-13(6-12)28-11(2)32/h3-6,14-15,19,27H,7-9H2,1-2H3,(H,28,32)(H,30,33)(H,34,35)/t14-,15+,19+. The number of benzene rings is 1. The van der Waals surface area contributed by atoms with Gasteiger partial charge in [-0.15, -0.1) is 0 Å². The van der Waals surface area contributed by atoms with Gasteiger partial charge in [0.1, 0.15) is 10.6 Å². The Balaban J connectivity index is 1.25. The Morgan fingerprint density at radius 1 is 1.22 bits per heavy atom. The molecule has 1 saturated carbocycles. The van der Waals surface area contributed by atoms with Gasteiger partial charge in [0.25, 0.3) is 5.91 Å². The molecule has 2 aliphatic rings. The Morgan fingerprint density at radius 3 is 2.56 bits per heavy atom. The Bertz CT molecular complexity index is 1370. The molecule has 188 valence electrons. The fourth-order valence-corrected chi connectivity index (χ4v) is 6.12. The maximum absolute atomic E-state index is 12.6. The third-order valence-corrected chi connectivity index (χ3v) is 8.64. The number of nitrogens with zero attached hydrogens (tertiary/aromatic N) is 2. The number of piperidine rings is 1. The number of amides is 2. The zero-order valence-corrected chi connectivity index (χ0v) is 21.7. The Hall–Kier alpha value is -3.08. The van der Waals surface area contributed by atoms with Crippen LogP contribution >= 0.6 is 34.5 Å². The van der Waals surface area contributed by atoms with Crippen molar-refractivity contribution in [1.82, 2.24) is 15.3 Å². The van der Waals surface area contributed by atoms with E-state index < -0.39 is 5.97 Å². The van der Waals surface area contributed by atoms with E-state index in [-0.39, 0.29) is 45.3 Å². The highest BCUT2D eigenvalue weighted by molar-refractivity contribution is 7.17. The molecule has 1 aromatic carbocycles. The number of carboxylic acids is 1. The first kappa shape index (κ1) is 24.6. The van der Waals surface area contributed by atoms with Crippen LogP contribution in [0.3, 0.4) is 0 Å². The minimum Gasteiger partial charge on any atom is -0.477 e. The zero-order chi connectivity index (χ0) is 25.7. The Kier molecular flexibility index (Phi) is 6.44. The second-order valence-corrected chi connectivity index (χ2v) is 10.9. The molecule has 9 nitrogen and oxygen atoms in total. The number of nitrogens with one attached hydrogen (secondary N) is 3. The maximum Gasteiger partial charge on any atom is 0.347 e. The minimum atomic E-state index is -1.02. The van der Waals surface area contributed by atoms with Crippen LogP contribution in [0, 0.1) is 18.8 Å². The number of carboxylic acid groups (broad SMARTS) is 1. The SMILES string of the molecule is CC(=O)Nc1cccc(Cc2nc(N3C[C@@H]4[C@H](C3)[C@H]4NC(=O)c3[nH]c(C)c(Cl)c3Cl)sc2C(=O)O)c1. The van der Waals surface area contributed by atoms with Crippen LogP contribution in [-0.4, -0.2) is 52.0 Å². The van der Waals surface area contributed by atoms with Crippen molar-refractivity contribution in [3.8, 4) is 0 Å². The van der Waals surface area contributed by atoms with E-state index in [4.69, 9.17) is 23.2 Å². The van der Waals surface area contributed by atoms with Gasteiger partial charge in [-0.05, 0) is 24.6 Å². The molecule has 4 N–H and O–H groups in total. The predicted molar refractivity (Wildman–Crippen MR) is 139 cm³/mol. The van der Waals surface area contributed by atoms with Crippen LogP contribution in [0.4, 0.5) is 10.8 Å². The number of hydrogen-bond donors (Lipinski definition) is 4. The molecular formula is C24H23Cl2N5O4S. The number of aromatic amines is 1. The van der Waals surface area contributed by atoms with Crippen molar-refractivity contribution >= 4 is 63.1 Å². The smallest absolute Gasteiger partial charge is 0.347 e. The minimum absolute atomic E-state index is 0.0297. The van der Waals surface area contributed by atoms with E-state index in [1.54, 1.807) is 13.0 Å². The molecule has 1 aliphatic carbocycles. The second-order valence-electron chi connectivity index (χ2n) is 9.12. The predicted octanol–water partition coefficient (Wildman–Crippen LogP) is 4.20. The lowest BCUT2D eigenvalue weighted by Gasteiger charge is -2.19. The molecule has 3 heterocycles. The molecule has 1 aliphatic heterocycles. The van der Waals surface area contributed by atoms with Crippen molar-refractivity contribution in [1.29, 1.82) is 0 Å². The normalized spacial score (nSPS) is 20.2. The third kappa shape index (κ3) is 4.68. The number of aromatic nitrogens is 2. The van der Waals surface area contributed by atoms with Crippen molar-refractivity contribution in [2.24, 2.45) is 11.8 Å². The van der Waals surface area contributed by atoms with Crippen molar-refractivity contribution < 1.29 is 19.5 Å². The number of rotatable bonds is 7. The van der Waals surface area contributed by atoms with Gasteiger partial charge >= 0.3 is 5.97 Å². The topological polar surface area (TPSA) is 127 Å². The summed E-state index contributed by atoms with van der Waals surface area (Å²) in [7, 11) is 0. The van der Waals surface area contributed by atoms with Crippen LogP contribution < -0.4 is 15.5 Å². The summed E-state index contributed by atoms with van der Waals surface area (Å²) in [5, 5.41) is 16.7. The van der Waals surface area contributed by atoms with E-state index in [1.807, 2.05) is 18.2 Å². The number of hydrogen-bond acceptors (Lipinski definition) is 6. The summed E-state index contributed by atoms with van der Waals surface area (Å²) in [5.41, 5.74) is 2.90. The van der Waals surface area contributed by atoms with Crippen LogP contribution in [0.1, 0.15) is 44.0 Å². The van der Waals surface area contributed by atoms with E-state index >= 15 is 0 Å². The van der Waals surface area contributed by atoms with E-state index in [0.29, 0.717) is 46.7 Å². The highest BCUT2D eigenvalue weighted by Gasteiger charge is 2.57. The fraction of sp³-hybridized carbons (Fsp3) is 0.333. The third-order valence-electron chi connectivity index (χ3n) is 6.54. The molecule has 3 aromatic rings. The Labute approximate surface area is 220 Å². The molecule has 2 fully saturated rings. The van der Waals surface area contributed by atoms with Gasteiger partial charge < -0.3 is 25.6 Å². The first-order chi connectivity index (χ1) is 17.1. The van der Waals surface area contributed by atoms with Crippen LogP contribution in [0.5, 0.6) is 0 Å². The number of carbonyl (C=O) groups excluding carboxylic acids is 2. The largest absolute Gasteiger partial charge is 0.477 e. The molecule has 3 atom stereocenters. The number of aryl methyl sites for hydroxylation is 1.